The van der Waals surface area contributed by atoms with E-state index in [0.717, 1.165) is 0 Å². The zero-order chi connectivity index (χ0) is 10.8. The molecule has 1 aliphatic heterocycles. The minimum absolute atomic E-state index is 0.00998. The van der Waals surface area contributed by atoms with Gasteiger partial charge in [0, 0.05) is 18.7 Å². The van der Waals surface area contributed by atoms with Crippen LogP contribution in [0.15, 0.2) is 0 Å². The normalized spacial score (nSPS) is 33.1. The second kappa shape index (κ2) is 4.57. The highest BCUT2D eigenvalue weighted by Crippen LogP contribution is 2.13. The van der Waals surface area contributed by atoms with Gasteiger partial charge < -0.3 is 15.5 Å². The van der Waals surface area contributed by atoms with Crippen molar-refractivity contribution in [1.29, 1.82) is 0 Å². The second-order valence-electron chi connectivity index (χ2n) is 3.83. The van der Waals surface area contributed by atoms with Gasteiger partial charge in [-0.15, -0.1) is 0 Å². The molecule has 0 aromatic heterocycles. The summed E-state index contributed by atoms with van der Waals surface area (Å²) in [4.78, 5) is 0. The molecule has 5 nitrogen and oxygen atoms in total. The van der Waals surface area contributed by atoms with Crippen LogP contribution >= 0.6 is 0 Å². The van der Waals surface area contributed by atoms with E-state index in [0.29, 0.717) is 6.42 Å². The molecule has 0 aliphatic carbocycles. The molecule has 3 unspecified atom stereocenters. The zero-order valence-electron chi connectivity index (χ0n) is 8.18. The Hall–Kier alpha value is -0.170. The quantitative estimate of drug-likeness (QED) is 0.540. The van der Waals surface area contributed by atoms with Crippen molar-refractivity contribution >= 4 is 9.84 Å². The third kappa shape index (κ3) is 3.20. The Morgan fingerprint density at radius 2 is 2.14 bits per heavy atom. The third-order valence-corrected chi connectivity index (χ3v) is 4.10. The van der Waals surface area contributed by atoms with Crippen LogP contribution in [0.5, 0.6) is 0 Å². The van der Waals surface area contributed by atoms with Crippen LogP contribution in [0.3, 0.4) is 0 Å². The van der Waals surface area contributed by atoms with Gasteiger partial charge in [-0.3, -0.25) is 0 Å². The molecule has 84 valence electrons. The molecule has 3 atom stereocenters. The fraction of sp³-hybridized carbons (Fsp3) is 1.00. The smallest absolute Gasteiger partial charge is 0.154 e. The average Bonchev–Trinajstić information content (AvgIpc) is 2.25. The lowest BCUT2D eigenvalue weighted by atomic mass is 10.1. The van der Waals surface area contributed by atoms with Gasteiger partial charge >= 0.3 is 0 Å². The van der Waals surface area contributed by atoms with Crippen LogP contribution < -0.4 is 5.32 Å². The van der Waals surface area contributed by atoms with Crippen LogP contribution in [0.1, 0.15) is 13.3 Å². The summed E-state index contributed by atoms with van der Waals surface area (Å²) in [5, 5.41) is 21.1. The van der Waals surface area contributed by atoms with Crippen LogP contribution in [-0.4, -0.2) is 54.9 Å². The molecule has 0 aromatic rings. The van der Waals surface area contributed by atoms with Gasteiger partial charge in [-0.25, -0.2) is 8.42 Å². The van der Waals surface area contributed by atoms with E-state index < -0.39 is 15.9 Å². The van der Waals surface area contributed by atoms with E-state index in [2.05, 4.69) is 5.32 Å². The molecule has 1 rings (SSSR count). The Labute approximate surface area is 84.1 Å². The van der Waals surface area contributed by atoms with Crippen molar-refractivity contribution in [1.82, 2.24) is 5.32 Å². The van der Waals surface area contributed by atoms with Crippen LogP contribution in [0, 0.1) is 0 Å². The number of rotatable bonds is 4. The molecule has 0 radical (unpaired) electrons. The van der Waals surface area contributed by atoms with Crippen LogP contribution in [0.4, 0.5) is 0 Å². The number of aliphatic hydroxyl groups excluding tert-OH is 2. The van der Waals surface area contributed by atoms with Crippen LogP contribution in [0.2, 0.25) is 0 Å². The molecule has 14 heavy (non-hydrogen) atoms. The SMILES string of the molecule is CC(CCO)NC1CS(=O)(=O)CC1O. The number of sulfone groups is 1. The van der Waals surface area contributed by atoms with Gasteiger partial charge in [0.05, 0.1) is 17.6 Å². The maximum absolute atomic E-state index is 11.1. The lowest BCUT2D eigenvalue weighted by Crippen LogP contribution is -2.44. The Morgan fingerprint density at radius 3 is 2.57 bits per heavy atom. The number of aliphatic hydroxyl groups is 2. The molecule has 1 aliphatic rings. The summed E-state index contributed by atoms with van der Waals surface area (Å²) in [5.41, 5.74) is 0. The van der Waals surface area contributed by atoms with Crippen molar-refractivity contribution in [3.05, 3.63) is 0 Å². The summed E-state index contributed by atoms with van der Waals surface area (Å²) in [5.74, 6) is -0.166. The molecule has 0 aromatic carbocycles. The summed E-state index contributed by atoms with van der Waals surface area (Å²) in [7, 11) is -3.08. The van der Waals surface area contributed by atoms with E-state index in [-0.39, 0.29) is 30.2 Å². The van der Waals surface area contributed by atoms with E-state index in [1.54, 1.807) is 0 Å². The summed E-state index contributed by atoms with van der Waals surface area (Å²) in [6.07, 6.45) is -0.260. The van der Waals surface area contributed by atoms with E-state index in [9.17, 15) is 13.5 Å². The summed E-state index contributed by atoms with van der Waals surface area (Å²) in [6.45, 7) is 1.91. The molecule has 6 heteroatoms. The Morgan fingerprint density at radius 1 is 1.50 bits per heavy atom. The van der Waals surface area contributed by atoms with E-state index in [1.165, 1.54) is 0 Å². The summed E-state index contributed by atoms with van der Waals surface area (Å²) < 4.78 is 22.3. The first-order chi connectivity index (χ1) is 6.44. The highest BCUT2D eigenvalue weighted by Gasteiger charge is 2.36. The highest BCUT2D eigenvalue weighted by molar-refractivity contribution is 7.91. The minimum atomic E-state index is -3.08. The Kier molecular flexibility index (Phi) is 3.88. The summed E-state index contributed by atoms with van der Waals surface area (Å²) in [6, 6.07) is -0.366. The van der Waals surface area contributed by atoms with Gasteiger partial charge in [-0.1, -0.05) is 0 Å². The third-order valence-electron chi connectivity index (χ3n) is 2.38. The Bertz CT molecular complexity index is 277. The lowest BCUT2D eigenvalue weighted by Gasteiger charge is -2.20. The molecular weight excluding hydrogens is 206 g/mol. The van der Waals surface area contributed by atoms with Crippen molar-refractivity contribution < 1.29 is 18.6 Å². The molecular formula is C8H17NO4S. The predicted octanol–water partition coefficient (Wildman–Crippen LogP) is -1.50. The first-order valence-corrected chi connectivity index (χ1v) is 6.52. The van der Waals surface area contributed by atoms with Crippen LogP contribution in [0.25, 0.3) is 0 Å². The van der Waals surface area contributed by atoms with Gasteiger partial charge in [-0.05, 0) is 13.3 Å². The standard InChI is InChI=1S/C8H17NO4S/c1-6(2-3-10)9-7-4-14(12,13)5-8(7)11/h6-11H,2-5H2,1H3. The molecule has 1 saturated heterocycles. The van der Waals surface area contributed by atoms with Crippen molar-refractivity contribution in [2.24, 2.45) is 0 Å². The van der Waals surface area contributed by atoms with Gasteiger partial charge in [0.15, 0.2) is 9.84 Å². The monoisotopic (exact) mass is 223 g/mol. The number of hydrogen-bond donors (Lipinski definition) is 3. The van der Waals surface area contributed by atoms with E-state index in [4.69, 9.17) is 5.11 Å². The van der Waals surface area contributed by atoms with Crippen molar-refractivity contribution in [2.45, 2.75) is 31.5 Å². The number of nitrogens with one attached hydrogen (secondary N) is 1. The Balaban J connectivity index is 2.46. The first kappa shape index (κ1) is 11.9. The molecule has 3 N–H and O–H groups in total. The summed E-state index contributed by atoms with van der Waals surface area (Å²) >= 11 is 0. The lowest BCUT2D eigenvalue weighted by molar-refractivity contribution is 0.155. The first-order valence-electron chi connectivity index (χ1n) is 4.70. The maximum atomic E-state index is 11.1. The molecule has 0 spiro atoms. The van der Waals surface area contributed by atoms with Crippen molar-refractivity contribution in [3.63, 3.8) is 0 Å². The predicted molar refractivity (Wildman–Crippen MR) is 52.7 cm³/mol. The molecule has 0 saturated carbocycles. The van der Waals surface area contributed by atoms with Gasteiger partial charge in [0.1, 0.15) is 0 Å². The van der Waals surface area contributed by atoms with Crippen molar-refractivity contribution in [3.8, 4) is 0 Å². The topological polar surface area (TPSA) is 86.6 Å². The molecule has 0 bridgehead atoms. The fourth-order valence-electron chi connectivity index (χ4n) is 1.63. The minimum Gasteiger partial charge on any atom is -0.396 e. The zero-order valence-corrected chi connectivity index (χ0v) is 9.00. The maximum Gasteiger partial charge on any atom is 0.154 e. The van der Waals surface area contributed by atoms with Gasteiger partial charge in [-0.2, -0.15) is 0 Å². The second-order valence-corrected chi connectivity index (χ2v) is 5.98. The van der Waals surface area contributed by atoms with Gasteiger partial charge in [0.2, 0.25) is 0 Å². The highest BCUT2D eigenvalue weighted by atomic mass is 32.2. The van der Waals surface area contributed by atoms with E-state index >= 15 is 0 Å². The molecule has 1 heterocycles. The van der Waals surface area contributed by atoms with Crippen LogP contribution in [-0.2, 0) is 9.84 Å². The van der Waals surface area contributed by atoms with Gasteiger partial charge in [0.25, 0.3) is 0 Å². The largest absolute Gasteiger partial charge is 0.396 e. The fourth-order valence-corrected chi connectivity index (χ4v) is 3.38. The molecule has 0 amide bonds. The number of hydrogen-bond acceptors (Lipinski definition) is 5. The van der Waals surface area contributed by atoms with Crippen molar-refractivity contribution in [2.75, 3.05) is 18.1 Å². The van der Waals surface area contributed by atoms with E-state index in [1.807, 2.05) is 6.92 Å². The average molecular weight is 223 g/mol. The molecule has 1 fully saturated rings.